The summed E-state index contributed by atoms with van der Waals surface area (Å²) in [6.07, 6.45) is 4.65. The molecule has 0 aromatic carbocycles. The Bertz CT molecular complexity index is 189. The molecular formula is C11H19N. The molecule has 0 aromatic heterocycles. The second kappa shape index (κ2) is 2.25. The van der Waals surface area contributed by atoms with E-state index in [-0.39, 0.29) is 0 Å². The van der Waals surface area contributed by atoms with E-state index in [1.54, 1.807) is 19.3 Å². The van der Waals surface area contributed by atoms with Gasteiger partial charge in [-0.1, -0.05) is 0 Å². The lowest BCUT2D eigenvalue weighted by molar-refractivity contribution is 0.156. The average Bonchev–Trinajstić information content (AvgIpc) is 2.35. The lowest BCUT2D eigenvalue weighted by Gasteiger charge is -2.34. The van der Waals surface area contributed by atoms with Crippen molar-refractivity contribution in [3.05, 3.63) is 0 Å². The van der Waals surface area contributed by atoms with Gasteiger partial charge in [-0.3, -0.25) is 0 Å². The molecule has 0 N–H and O–H groups in total. The van der Waals surface area contributed by atoms with Crippen molar-refractivity contribution in [3.63, 3.8) is 0 Å². The smallest absolute Gasteiger partial charge is 0.00955 e. The SMILES string of the molecule is CC1[C@H]2CC3CCC3[C@H]2CN1C. The van der Waals surface area contributed by atoms with Crippen molar-refractivity contribution in [2.24, 2.45) is 23.7 Å². The predicted molar refractivity (Wildman–Crippen MR) is 49.9 cm³/mol. The van der Waals surface area contributed by atoms with Crippen molar-refractivity contribution >= 4 is 0 Å². The fourth-order valence-corrected chi connectivity index (χ4v) is 3.94. The summed E-state index contributed by atoms with van der Waals surface area (Å²) in [5, 5.41) is 0. The Morgan fingerprint density at radius 2 is 1.92 bits per heavy atom. The molecule has 3 unspecified atom stereocenters. The molecule has 1 aliphatic heterocycles. The molecule has 3 rings (SSSR count). The number of hydrogen-bond acceptors (Lipinski definition) is 1. The molecule has 5 atom stereocenters. The highest BCUT2D eigenvalue weighted by atomic mass is 15.2. The van der Waals surface area contributed by atoms with Gasteiger partial charge in [0.2, 0.25) is 0 Å². The minimum Gasteiger partial charge on any atom is -0.303 e. The number of fused-ring (bicyclic) bond motifs is 3. The summed E-state index contributed by atoms with van der Waals surface area (Å²) < 4.78 is 0. The fraction of sp³-hybridized carbons (Fsp3) is 1.00. The van der Waals surface area contributed by atoms with Gasteiger partial charge in [0.1, 0.15) is 0 Å². The van der Waals surface area contributed by atoms with Gasteiger partial charge >= 0.3 is 0 Å². The van der Waals surface area contributed by atoms with Gasteiger partial charge in [0, 0.05) is 12.6 Å². The number of rotatable bonds is 0. The van der Waals surface area contributed by atoms with Crippen LogP contribution in [0.1, 0.15) is 26.2 Å². The summed E-state index contributed by atoms with van der Waals surface area (Å²) in [7, 11) is 2.30. The van der Waals surface area contributed by atoms with Crippen molar-refractivity contribution < 1.29 is 0 Å². The van der Waals surface area contributed by atoms with Crippen LogP contribution in [0, 0.1) is 23.7 Å². The maximum absolute atomic E-state index is 2.57. The standard InChI is InChI=1S/C11H19N/c1-7-10-5-8-3-4-9(8)11(10)6-12(7)2/h7-11H,3-6H2,1-2H3/t7?,8?,9?,10-,11-/m1/s1. The van der Waals surface area contributed by atoms with Gasteiger partial charge in [-0.15, -0.1) is 0 Å². The van der Waals surface area contributed by atoms with E-state index < -0.39 is 0 Å². The Kier molecular flexibility index (Phi) is 1.39. The number of nitrogens with zero attached hydrogens (tertiary/aromatic N) is 1. The van der Waals surface area contributed by atoms with E-state index in [9.17, 15) is 0 Å². The fourth-order valence-electron chi connectivity index (χ4n) is 3.94. The van der Waals surface area contributed by atoms with Crippen molar-refractivity contribution in [3.8, 4) is 0 Å². The normalized spacial score (nSPS) is 58.0. The predicted octanol–water partition coefficient (Wildman–Crippen LogP) is 1.98. The third-order valence-electron chi connectivity index (χ3n) is 4.96. The van der Waals surface area contributed by atoms with Gasteiger partial charge in [-0.05, 0) is 56.9 Å². The summed E-state index contributed by atoms with van der Waals surface area (Å²) in [4.78, 5) is 2.57. The van der Waals surface area contributed by atoms with E-state index in [4.69, 9.17) is 0 Å². The Balaban J connectivity index is 1.83. The molecule has 0 radical (unpaired) electrons. The van der Waals surface area contributed by atoms with Gasteiger partial charge in [-0.2, -0.15) is 0 Å². The van der Waals surface area contributed by atoms with Crippen molar-refractivity contribution in [1.82, 2.24) is 4.90 Å². The van der Waals surface area contributed by atoms with Crippen LogP contribution in [0.15, 0.2) is 0 Å². The van der Waals surface area contributed by atoms with Gasteiger partial charge in [0.15, 0.2) is 0 Å². The average molecular weight is 165 g/mol. The maximum atomic E-state index is 2.57. The lowest BCUT2D eigenvalue weighted by atomic mass is 9.73. The molecule has 2 saturated carbocycles. The first-order valence-electron chi connectivity index (χ1n) is 5.47. The van der Waals surface area contributed by atoms with Crippen LogP contribution >= 0.6 is 0 Å². The van der Waals surface area contributed by atoms with Crippen LogP contribution in [0.5, 0.6) is 0 Å². The van der Waals surface area contributed by atoms with Crippen LogP contribution < -0.4 is 0 Å². The van der Waals surface area contributed by atoms with E-state index in [0.717, 1.165) is 29.7 Å². The van der Waals surface area contributed by atoms with Crippen LogP contribution in [0.2, 0.25) is 0 Å². The molecule has 2 aliphatic carbocycles. The zero-order chi connectivity index (χ0) is 8.29. The van der Waals surface area contributed by atoms with Crippen LogP contribution in [0.3, 0.4) is 0 Å². The Morgan fingerprint density at radius 1 is 1.08 bits per heavy atom. The summed E-state index contributed by atoms with van der Waals surface area (Å²) >= 11 is 0. The molecule has 0 spiro atoms. The van der Waals surface area contributed by atoms with Crippen LogP contribution in [-0.2, 0) is 0 Å². The van der Waals surface area contributed by atoms with Gasteiger partial charge in [0.25, 0.3) is 0 Å². The molecular weight excluding hydrogens is 146 g/mol. The molecule has 0 aromatic rings. The third kappa shape index (κ3) is 0.736. The molecule has 3 aliphatic rings. The topological polar surface area (TPSA) is 3.24 Å². The van der Waals surface area contributed by atoms with E-state index in [1.165, 1.54) is 6.54 Å². The van der Waals surface area contributed by atoms with Gasteiger partial charge in [-0.25, -0.2) is 0 Å². The number of likely N-dealkylation sites (tertiary alicyclic amines) is 1. The second-order valence-corrected chi connectivity index (χ2v) is 5.24. The van der Waals surface area contributed by atoms with Crippen molar-refractivity contribution in [1.29, 1.82) is 0 Å². The van der Waals surface area contributed by atoms with Crippen LogP contribution in [0.4, 0.5) is 0 Å². The maximum Gasteiger partial charge on any atom is 0.00955 e. The summed E-state index contributed by atoms with van der Waals surface area (Å²) in [6, 6.07) is 0.876. The minimum atomic E-state index is 0.876. The number of hydrogen-bond donors (Lipinski definition) is 0. The third-order valence-corrected chi connectivity index (χ3v) is 4.96. The summed E-state index contributed by atoms with van der Waals surface area (Å²) in [5.74, 6) is 4.44. The minimum absolute atomic E-state index is 0.876. The van der Waals surface area contributed by atoms with Crippen molar-refractivity contribution in [2.75, 3.05) is 13.6 Å². The van der Waals surface area contributed by atoms with E-state index >= 15 is 0 Å². The highest BCUT2D eigenvalue weighted by Crippen LogP contribution is 2.57. The zero-order valence-electron chi connectivity index (χ0n) is 8.16. The van der Waals surface area contributed by atoms with Crippen LogP contribution in [-0.4, -0.2) is 24.5 Å². The highest BCUT2D eigenvalue weighted by Gasteiger charge is 2.53. The van der Waals surface area contributed by atoms with Crippen molar-refractivity contribution in [2.45, 2.75) is 32.2 Å². The summed E-state index contributed by atoms with van der Waals surface area (Å²) in [6.45, 7) is 3.82. The van der Waals surface area contributed by atoms with E-state index in [1.807, 2.05) is 0 Å². The molecule has 12 heavy (non-hydrogen) atoms. The first-order valence-corrected chi connectivity index (χ1v) is 5.47. The molecule has 1 nitrogen and oxygen atoms in total. The van der Waals surface area contributed by atoms with Gasteiger partial charge < -0.3 is 4.90 Å². The molecule has 1 heteroatoms. The Labute approximate surface area is 75.1 Å². The lowest BCUT2D eigenvalue weighted by Crippen LogP contribution is -2.30. The molecule has 1 heterocycles. The molecule has 1 saturated heterocycles. The zero-order valence-corrected chi connectivity index (χ0v) is 8.16. The highest BCUT2D eigenvalue weighted by molar-refractivity contribution is 5.04. The molecule has 0 amide bonds. The quantitative estimate of drug-likeness (QED) is 0.530. The van der Waals surface area contributed by atoms with Crippen LogP contribution in [0.25, 0.3) is 0 Å². The first-order chi connectivity index (χ1) is 5.77. The van der Waals surface area contributed by atoms with E-state index in [0.29, 0.717) is 0 Å². The molecule has 3 fully saturated rings. The Morgan fingerprint density at radius 3 is 2.58 bits per heavy atom. The second-order valence-electron chi connectivity index (χ2n) is 5.24. The molecule has 0 bridgehead atoms. The summed E-state index contributed by atoms with van der Waals surface area (Å²) in [5.41, 5.74) is 0. The van der Waals surface area contributed by atoms with E-state index in [2.05, 4.69) is 18.9 Å². The molecule has 68 valence electrons. The van der Waals surface area contributed by atoms with Gasteiger partial charge in [0.05, 0.1) is 0 Å². The largest absolute Gasteiger partial charge is 0.303 e. The Hall–Kier alpha value is -0.0400. The monoisotopic (exact) mass is 165 g/mol. The first kappa shape index (κ1) is 7.37.